The van der Waals surface area contributed by atoms with Crippen molar-refractivity contribution in [1.29, 1.82) is 5.53 Å². The normalized spacial score (nSPS) is 12.9. The van der Waals surface area contributed by atoms with E-state index in [9.17, 15) is 4.79 Å². The maximum Gasteiger partial charge on any atom is 0.438 e. The lowest BCUT2D eigenvalue weighted by Gasteiger charge is -2.20. The number of amides is 1. The van der Waals surface area contributed by atoms with E-state index in [1.807, 2.05) is 0 Å². The van der Waals surface area contributed by atoms with Crippen LogP contribution in [0.1, 0.15) is 0 Å². The van der Waals surface area contributed by atoms with Gasteiger partial charge in [0.15, 0.2) is 5.82 Å². The largest absolute Gasteiger partial charge is 0.444 e. The standard InChI is InChI=1S/C8H11N5O2/c1-2-6-15-8(14)13(12-9)7-4-3-5-10-11-7/h2-5,9-11H,1,6H2. The minimum absolute atomic E-state index is 0.0708. The fourth-order valence-corrected chi connectivity index (χ4v) is 0.853. The van der Waals surface area contributed by atoms with Crippen molar-refractivity contribution in [3.8, 4) is 0 Å². The highest BCUT2D eigenvalue weighted by molar-refractivity contribution is 5.69. The predicted molar refractivity (Wildman–Crippen MR) is 52.0 cm³/mol. The van der Waals surface area contributed by atoms with E-state index >= 15 is 0 Å². The minimum Gasteiger partial charge on any atom is -0.444 e. The second-order valence-corrected chi connectivity index (χ2v) is 2.46. The molecule has 0 aromatic carbocycles. The molecule has 0 bridgehead atoms. The number of carbonyl (C=O) groups is 1. The first kappa shape index (κ1) is 10.8. The second kappa shape index (κ2) is 5.43. The molecule has 1 amide bonds. The van der Waals surface area contributed by atoms with Crippen LogP contribution in [-0.4, -0.2) is 17.7 Å². The summed E-state index contributed by atoms with van der Waals surface area (Å²) in [7, 11) is 0. The van der Waals surface area contributed by atoms with E-state index in [2.05, 4.69) is 22.7 Å². The SMILES string of the molecule is C=CCOC(=O)N(N=N)C1=CC=CNN1. The third-order valence-electron chi connectivity index (χ3n) is 1.46. The average Bonchev–Trinajstić information content (AvgIpc) is 2.29. The fraction of sp³-hybridized carbons (Fsp3) is 0.125. The quantitative estimate of drug-likeness (QED) is 0.366. The summed E-state index contributed by atoms with van der Waals surface area (Å²) in [6.45, 7) is 3.47. The Labute approximate surface area is 86.5 Å². The van der Waals surface area contributed by atoms with E-state index in [1.165, 1.54) is 6.08 Å². The van der Waals surface area contributed by atoms with Crippen LogP contribution in [0.15, 0.2) is 42.1 Å². The van der Waals surface area contributed by atoms with E-state index in [0.29, 0.717) is 5.82 Å². The number of hydrogen-bond acceptors (Lipinski definition) is 6. The predicted octanol–water partition coefficient (Wildman–Crippen LogP) is 1.02. The van der Waals surface area contributed by atoms with Gasteiger partial charge in [-0.1, -0.05) is 17.9 Å². The van der Waals surface area contributed by atoms with Crippen LogP contribution in [0.4, 0.5) is 4.79 Å². The summed E-state index contributed by atoms with van der Waals surface area (Å²) in [6, 6.07) is 0. The maximum absolute atomic E-state index is 11.3. The molecule has 7 nitrogen and oxygen atoms in total. The highest BCUT2D eigenvalue weighted by Crippen LogP contribution is 2.06. The van der Waals surface area contributed by atoms with Crippen molar-refractivity contribution in [2.24, 2.45) is 5.22 Å². The van der Waals surface area contributed by atoms with Gasteiger partial charge < -0.3 is 10.2 Å². The molecule has 7 heteroatoms. The lowest BCUT2D eigenvalue weighted by molar-refractivity contribution is 0.118. The molecule has 0 aliphatic carbocycles. The minimum atomic E-state index is -0.749. The molecule has 0 spiro atoms. The summed E-state index contributed by atoms with van der Waals surface area (Å²) < 4.78 is 4.72. The molecule has 1 rings (SSSR count). The van der Waals surface area contributed by atoms with Gasteiger partial charge in [-0.3, -0.25) is 5.43 Å². The smallest absolute Gasteiger partial charge is 0.438 e. The summed E-state index contributed by atoms with van der Waals surface area (Å²) >= 11 is 0. The van der Waals surface area contributed by atoms with Crippen LogP contribution in [0.3, 0.4) is 0 Å². The summed E-state index contributed by atoms with van der Waals surface area (Å²) in [6.07, 6.45) is 5.54. The van der Waals surface area contributed by atoms with Gasteiger partial charge in [0.2, 0.25) is 0 Å². The van der Waals surface area contributed by atoms with E-state index in [-0.39, 0.29) is 6.61 Å². The van der Waals surface area contributed by atoms with Crippen molar-refractivity contribution >= 4 is 6.09 Å². The molecule has 15 heavy (non-hydrogen) atoms. The molecule has 0 aromatic heterocycles. The fourth-order valence-electron chi connectivity index (χ4n) is 0.853. The highest BCUT2D eigenvalue weighted by Gasteiger charge is 2.19. The molecule has 1 aliphatic rings. The zero-order valence-corrected chi connectivity index (χ0v) is 7.93. The van der Waals surface area contributed by atoms with Crippen molar-refractivity contribution in [2.75, 3.05) is 6.61 Å². The Balaban J connectivity index is 2.65. The van der Waals surface area contributed by atoms with Crippen LogP contribution in [0, 0.1) is 5.53 Å². The van der Waals surface area contributed by atoms with Crippen molar-refractivity contribution in [3.05, 3.63) is 36.8 Å². The molecule has 80 valence electrons. The number of hydrogen-bond donors (Lipinski definition) is 3. The Kier molecular flexibility index (Phi) is 3.90. The van der Waals surface area contributed by atoms with E-state index < -0.39 is 6.09 Å². The first-order valence-electron chi connectivity index (χ1n) is 4.13. The van der Waals surface area contributed by atoms with E-state index in [0.717, 1.165) is 5.01 Å². The number of ether oxygens (including phenoxy) is 1. The molecular weight excluding hydrogens is 198 g/mol. The zero-order chi connectivity index (χ0) is 11.1. The van der Waals surface area contributed by atoms with Crippen LogP contribution in [0.25, 0.3) is 0 Å². The molecule has 1 heterocycles. The maximum atomic E-state index is 11.3. The molecule has 0 saturated heterocycles. The number of carbonyl (C=O) groups excluding carboxylic acids is 1. The Hall–Kier alpha value is -2.31. The van der Waals surface area contributed by atoms with Gasteiger partial charge in [0.25, 0.3) is 0 Å². The van der Waals surface area contributed by atoms with E-state index in [4.69, 9.17) is 10.3 Å². The molecule has 0 radical (unpaired) electrons. The Morgan fingerprint density at radius 1 is 1.80 bits per heavy atom. The summed E-state index contributed by atoms with van der Waals surface area (Å²) in [4.78, 5) is 11.3. The Morgan fingerprint density at radius 2 is 2.60 bits per heavy atom. The first-order valence-corrected chi connectivity index (χ1v) is 4.13. The lowest BCUT2D eigenvalue weighted by atomic mass is 10.5. The molecule has 3 N–H and O–H groups in total. The number of hydrazine groups is 1. The Morgan fingerprint density at radius 3 is 3.13 bits per heavy atom. The molecule has 1 aliphatic heterocycles. The third-order valence-corrected chi connectivity index (χ3v) is 1.46. The zero-order valence-electron chi connectivity index (χ0n) is 7.93. The average molecular weight is 209 g/mol. The second-order valence-electron chi connectivity index (χ2n) is 2.46. The van der Waals surface area contributed by atoms with Gasteiger partial charge in [0.05, 0.1) is 0 Å². The third kappa shape index (κ3) is 2.83. The van der Waals surface area contributed by atoms with Crippen LogP contribution in [-0.2, 0) is 4.74 Å². The van der Waals surface area contributed by atoms with Crippen molar-refractivity contribution in [1.82, 2.24) is 15.9 Å². The lowest BCUT2D eigenvalue weighted by Crippen LogP contribution is -2.39. The number of nitrogens with one attached hydrogen (secondary N) is 3. The van der Waals surface area contributed by atoms with Crippen LogP contribution < -0.4 is 10.9 Å². The van der Waals surface area contributed by atoms with Gasteiger partial charge in [-0.2, -0.15) is 5.53 Å². The number of allylic oxidation sites excluding steroid dienone is 2. The Bertz CT molecular complexity index is 323. The molecule has 0 saturated carbocycles. The van der Waals surface area contributed by atoms with Gasteiger partial charge in [-0.05, 0) is 12.2 Å². The molecule has 0 aromatic rings. The van der Waals surface area contributed by atoms with Crippen molar-refractivity contribution in [3.63, 3.8) is 0 Å². The van der Waals surface area contributed by atoms with Gasteiger partial charge >= 0.3 is 6.09 Å². The monoisotopic (exact) mass is 209 g/mol. The van der Waals surface area contributed by atoms with Gasteiger partial charge in [-0.15, -0.1) is 5.01 Å². The molecule has 0 atom stereocenters. The van der Waals surface area contributed by atoms with Gasteiger partial charge in [0.1, 0.15) is 6.61 Å². The highest BCUT2D eigenvalue weighted by atomic mass is 16.6. The summed E-state index contributed by atoms with van der Waals surface area (Å²) in [5, 5.41) is 3.81. The topological polar surface area (TPSA) is 89.8 Å². The molecule has 0 fully saturated rings. The van der Waals surface area contributed by atoms with Crippen LogP contribution >= 0.6 is 0 Å². The molecule has 0 unspecified atom stereocenters. The number of nitrogens with zero attached hydrogens (tertiary/aromatic N) is 2. The van der Waals surface area contributed by atoms with Gasteiger partial charge in [-0.25, -0.2) is 4.79 Å². The summed E-state index contributed by atoms with van der Waals surface area (Å²) in [5.41, 5.74) is 12.1. The first-order chi connectivity index (χ1) is 7.29. The van der Waals surface area contributed by atoms with Crippen LogP contribution in [0.2, 0.25) is 0 Å². The van der Waals surface area contributed by atoms with Crippen LogP contribution in [0.5, 0.6) is 0 Å². The number of rotatable bonds is 4. The van der Waals surface area contributed by atoms with Crippen molar-refractivity contribution in [2.45, 2.75) is 0 Å². The van der Waals surface area contributed by atoms with Gasteiger partial charge in [0, 0.05) is 6.20 Å². The van der Waals surface area contributed by atoms with Crippen molar-refractivity contribution < 1.29 is 9.53 Å². The molecular formula is C8H11N5O2. The summed E-state index contributed by atoms with van der Waals surface area (Å²) in [5.74, 6) is 0.307. The van der Waals surface area contributed by atoms with E-state index in [1.54, 1.807) is 18.4 Å².